The Morgan fingerprint density at radius 1 is 1.13 bits per heavy atom. The molecule has 0 spiro atoms. The molecule has 4 nitrogen and oxygen atoms in total. The van der Waals surface area contributed by atoms with Gasteiger partial charge in [-0.25, -0.2) is 0 Å². The standard InChI is InChI=1S/C9H16O4.2ClH/c1-6(4-7(10)11)9(2,3)5-8(12)13;;/h6H,4-5H2,1-3H3,(H,10,11)(H,12,13);2*1H. The van der Waals surface area contributed by atoms with E-state index in [9.17, 15) is 9.59 Å². The number of hydrogen-bond donors (Lipinski definition) is 2. The molecule has 15 heavy (non-hydrogen) atoms. The molecular weight excluding hydrogens is 243 g/mol. The van der Waals surface area contributed by atoms with E-state index in [4.69, 9.17) is 10.2 Å². The first-order valence-corrected chi connectivity index (χ1v) is 4.19. The molecule has 0 aliphatic heterocycles. The Hall–Kier alpha value is -0.480. The van der Waals surface area contributed by atoms with Gasteiger partial charge in [0.2, 0.25) is 0 Å². The van der Waals surface area contributed by atoms with Crippen molar-refractivity contribution in [3.05, 3.63) is 0 Å². The lowest BCUT2D eigenvalue weighted by Crippen LogP contribution is -2.26. The first kappa shape index (κ1) is 20.0. The van der Waals surface area contributed by atoms with Crippen LogP contribution in [-0.2, 0) is 9.59 Å². The number of carbonyl (C=O) groups is 2. The second-order valence-electron chi connectivity index (χ2n) is 4.06. The average molecular weight is 261 g/mol. The second-order valence-corrected chi connectivity index (χ2v) is 4.06. The van der Waals surface area contributed by atoms with Gasteiger partial charge in [0.05, 0.1) is 6.42 Å². The molecule has 92 valence electrons. The highest BCUT2D eigenvalue weighted by molar-refractivity contribution is 5.85. The molecule has 0 radical (unpaired) electrons. The van der Waals surface area contributed by atoms with Gasteiger partial charge < -0.3 is 10.2 Å². The lowest BCUT2D eigenvalue weighted by molar-refractivity contribution is -0.143. The van der Waals surface area contributed by atoms with Crippen molar-refractivity contribution in [2.45, 2.75) is 33.6 Å². The molecule has 0 bridgehead atoms. The summed E-state index contributed by atoms with van der Waals surface area (Å²) in [6, 6.07) is 0. The summed E-state index contributed by atoms with van der Waals surface area (Å²) in [5, 5.41) is 17.1. The van der Waals surface area contributed by atoms with E-state index in [0.29, 0.717) is 0 Å². The maximum absolute atomic E-state index is 10.5. The van der Waals surface area contributed by atoms with Gasteiger partial charge in [-0.05, 0) is 11.3 Å². The number of hydrogen-bond acceptors (Lipinski definition) is 2. The van der Waals surface area contributed by atoms with Crippen LogP contribution in [0.2, 0.25) is 0 Å². The Kier molecular flexibility index (Phi) is 10.4. The van der Waals surface area contributed by atoms with Crippen molar-refractivity contribution in [1.82, 2.24) is 0 Å². The molecule has 0 aromatic rings. The monoisotopic (exact) mass is 260 g/mol. The van der Waals surface area contributed by atoms with Crippen molar-refractivity contribution in [2.75, 3.05) is 0 Å². The fraction of sp³-hybridized carbons (Fsp3) is 0.778. The SMILES string of the molecule is CC(CC(=O)O)C(C)(C)CC(=O)O.Cl.Cl. The summed E-state index contributed by atoms with van der Waals surface area (Å²) >= 11 is 0. The van der Waals surface area contributed by atoms with Gasteiger partial charge in [0.25, 0.3) is 0 Å². The van der Waals surface area contributed by atoms with Gasteiger partial charge in [-0.2, -0.15) is 0 Å². The molecule has 6 heteroatoms. The molecule has 0 saturated carbocycles. The molecule has 0 fully saturated rings. The van der Waals surface area contributed by atoms with Crippen LogP contribution in [0.4, 0.5) is 0 Å². The highest BCUT2D eigenvalue weighted by atomic mass is 35.5. The summed E-state index contributed by atoms with van der Waals surface area (Å²) in [6.07, 6.45) is 0.0156. The zero-order valence-corrected chi connectivity index (χ0v) is 10.7. The molecule has 2 N–H and O–H groups in total. The van der Waals surface area contributed by atoms with Crippen LogP contribution in [0.3, 0.4) is 0 Å². The number of carboxylic acids is 2. The first-order valence-electron chi connectivity index (χ1n) is 4.19. The maximum Gasteiger partial charge on any atom is 0.303 e. The van der Waals surface area contributed by atoms with Crippen LogP contribution < -0.4 is 0 Å². The van der Waals surface area contributed by atoms with E-state index in [-0.39, 0.29) is 43.6 Å². The number of carboxylic acid groups (broad SMARTS) is 2. The van der Waals surface area contributed by atoms with Crippen molar-refractivity contribution in [1.29, 1.82) is 0 Å². The predicted octanol–water partition coefficient (Wildman–Crippen LogP) is 2.44. The van der Waals surface area contributed by atoms with E-state index in [0.717, 1.165) is 0 Å². The smallest absolute Gasteiger partial charge is 0.303 e. The van der Waals surface area contributed by atoms with Crippen LogP contribution >= 0.6 is 24.8 Å². The molecule has 0 amide bonds. The lowest BCUT2D eigenvalue weighted by Gasteiger charge is -2.28. The minimum atomic E-state index is -0.887. The van der Waals surface area contributed by atoms with Crippen LogP contribution in [0.5, 0.6) is 0 Å². The highest BCUT2D eigenvalue weighted by Crippen LogP contribution is 2.32. The second kappa shape index (κ2) is 7.77. The maximum atomic E-state index is 10.5. The topological polar surface area (TPSA) is 74.6 Å². The summed E-state index contributed by atoms with van der Waals surface area (Å²) in [7, 11) is 0. The van der Waals surface area contributed by atoms with Gasteiger partial charge in [0.1, 0.15) is 0 Å². The van der Waals surface area contributed by atoms with Crippen molar-refractivity contribution in [3.63, 3.8) is 0 Å². The Bertz CT molecular complexity index is 216. The summed E-state index contributed by atoms with van der Waals surface area (Å²) in [5.74, 6) is -1.91. The third-order valence-electron chi connectivity index (χ3n) is 2.42. The van der Waals surface area contributed by atoms with Crippen LogP contribution in [0.1, 0.15) is 33.6 Å². The van der Waals surface area contributed by atoms with Gasteiger partial charge in [0.15, 0.2) is 0 Å². The van der Waals surface area contributed by atoms with E-state index < -0.39 is 17.4 Å². The third-order valence-corrected chi connectivity index (χ3v) is 2.42. The molecule has 0 rings (SSSR count). The molecule has 0 aromatic heterocycles. The van der Waals surface area contributed by atoms with Crippen LogP contribution in [0, 0.1) is 11.3 Å². The molecule has 1 unspecified atom stereocenters. The number of aliphatic carboxylic acids is 2. The third kappa shape index (κ3) is 8.51. The fourth-order valence-electron chi connectivity index (χ4n) is 1.10. The van der Waals surface area contributed by atoms with Crippen molar-refractivity contribution >= 4 is 36.8 Å². The summed E-state index contributed by atoms with van der Waals surface area (Å²) < 4.78 is 0. The molecule has 1 atom stereocenters. The van der Waals surface area contributed by atoms with Gasteiger partial charge in [-0.3, -0.25) is 9.59 Å². The van der Waals surface area contributed by atoms with E-state index in [1.165, 1.54) is 0 Å². The molecular formula is C9H18Cl2O4. The van der Waals surface area contributed by atoms with E-state index in [2.05, 4.69) is 0 Å². The minimum absolute atomic E-state index is 0. The number of halogens is 2. The quantitative estimate of drug-likeness (QED) is 0.797. The van der Waals surface area contributed by atoms with Crippen molar-refractivity contribution < 1.29 is 19.8 Å². The molecule has 0 heterocycles. The van der Waals surface area contributed by atoms with Gasteiger partial charge in [-0.1, -0.05) is 20.8 Å². The highest BCUT2D eigenvalue weighted by Gasteiger charge is 2.29. The zero-order chi connectivity index (χ0) is 10.6. The zero-order valence-electron chi connectivity index (χ0n) is 9.02. The lowest BCUT2D eigenvalue weighted by atomic mass is 9.76. The fourth-order valence-corrected chi connectivity index (χ4v) is 1.10. The average Bonchev–Trinajstić information content (AvgIpc) is 1.81. The Morgan fingerprint density at radius 2 is 1.53 bits per heavy atom. The summed E-state index contributed by atoms with van der Waals surface area (Å²) in [4.78, 5) is 20.9. The Morgan fingerprint density at radius 3 is 1.80 bits per heavy atom. The predicted molar refractivity (Wildman–Crippen MR) is 61.9 cm³/mol. The molecule has 0 aromatic carbocycles. The van der Waals surface area contributed by atoms with Crippen LogP contribution in [0.25, 0.3) is 0 Å². The first-order chi connectivity index (χ1) is 5.75. The Balaban J connectivity index is -0.000000720. The van der Waals surface area contributed by atoms with E-state index in [1.54, 1.807) is 20.8 Å². The molecule has 0 aliphatic rings. The minimum Gasteiger partial charge on any atom is -0.481 e. The van der Waals surface area contributed by atoms with Crippen LogP contribution in [-0.4, -0.2) is 22.2 Å². The van der Waals surface area contributed by atoms with E-state index >= 15 is 0 Å². The van der Waals surface area contributed by atoms with Gasteiger partial charge >= 0.3 is 11.9 Å². The van der Waals surface area contributed by atoms with Gasteiger partial charge in [-0.15, -0.1) is 24.8 Å². The van der Waals surface area contributed by atoms with Gasteiger partial charge in [0, 0.05) is 6.42 Å². The molecule has 0 saturated heterocycles. The van der Waals surface area contributed by atoms with Crippen molar-refractivity contribution in [3.8, 4) is 0 Å². The van der Waals surface area contributed by atoms with Crippen molar-refractivity contribution in [2.24, 2.45) is 11.3 Å². The number of rotatable bonds is 5. The normalized spacial score (nSPS) is 11.9. The largest absolute Gasteiger partial charge is 0.481 e. The van der Waals surface area contributed by atoms with Crippen LogP contribution in [0.15, 0.2) is 0 Å². The molecule has 0 aliphatic carbocycles. The summed E-state index contributed by atoms with van der Waals surface area (Å²) in [5.41, 5.74) is -0.468. The Labute approximate surface area is 102 Å². The summed E-state index contributed by atoms with van der Waals surface area (Å²) in [6.45, 7) is 5.31. The van der Waals surface area contributed by atoms with E-state index in [1.807, 2.05) is 0 Å².